The molecule has 12 heteroatoms. The van der Waals surface area contributed by atoms with Gasteiger partial charge in [0.05, 0.1) is 51.3 Å². The summed E-state index contributed by atoms with van der Waals surface area (Å²) in [6, 6.07) is 26.4. The lowest BCUT2D eigenvalue weighted by Crippen LogP contribution is -2.40. The zero-order valence-electron chi connectivity index (χ0n) is 27.9. The van der Waals surface area contributed by atoms with E-state index in [1.165, 1.54) is 11.3 Å². The van der Waals surface area contributed by atoms with E-state index >= 15 is 0 Å². The molecule has 0 radical (unpaired) electrons. The highest BCUT2D eigenvalue weighted by Gasteiger charge is 2.35. The van der Waals surface area contributed by atoms with Gasteiger partial charge in [0.15, 0.2) is 16.3 Å². The Morgan fingerprint density at radius 3 is 2.29 bits per heavy atom. The minimum atomic E-state index is -0.813. The molecule has 6 rings (SSSR count). The number of halogens is 2. The summed E-state index contributed by atoms with van der Waals surface area (Å²) < 4.78 is 25.2. The largest absolute Gasteiger partial charge is 0.493 e. The van der Waals surface area contributed by atoms with Crippen LogP contribution in [-0.2, 0) is 20.9 Å². The second-order valence-corrected chi connectivity index (χ2v) is 13.8. The molecule has 1 aromatic heterocycles. The van der Waals surface area contributed by atoms with Crippen LogP contribution in [0.3, 0.4) is 0 Å². The first-order chi connectivity index (χ1) is 24.7. The zero-order chi connectivity index (χ0) is 36.1. The van der Waals surface area contributed by atoms with Crippen LogP contribution in [0.2, 0.25) is 5.02 Å². The maximum Gasteiger partial charge on any atom is 0.338 e. The smallest absolute Gasteiger partial charge is 0.338 e. The Balaban J connectivity index is 1.41. The maximum absolute atomic E-state index is 14.3. The number of thiazole rings is 1. The van der Waals surface area contributed by atoms with Gasteiger partial charge in [-0.1, -0.05) is 77.5 Å². The Morgan fingerprint density at radius 2 is 1.63 bits per heavy atom. The Labute approximate surface area is 316 Å². The number of carbonyl (C=O) groups excluding carboxylic acids is 2. The van der Waals surface area contributed by atoms with Crippen molar-refractivity contribution >= 4 is 69.2 Å². The summed E-state index contributed by atoms with van der Waals surface area (Å²) in [5.74, 6) is 0.0967. The molecule has 1 atom stereocenters. The van der Waals surface area contributed by atoms with Crippen molar-refractivity contribution in [1.82, 2.24) is 4.57 Å². The molecular weight excluding hydrogens is 803 g/mol. The molecule has 1 aliphatic heterocycles. The van der Waals surface area contributed by atoms with Crippen LogP contribution in [0.25, 0.3) is 11.8 Å². The van der Waals surface area contributed by atoms with Gasteiger partial charge in [-0.3, -0.25) is 9.36 Å². The van der Waals surface area contributed by atoms with Crippen LogP contribution in [0.1, 0.15) is 52.5 Å². The molecule has 260 valence electrons. The fraction of sp³-hybridized carbons (Fsp3) is 0.179. The van der Waals surface area contributed by atoms with Crippen LogP contribution >= 0.6 is 45.5 Å². The Hall–Kier alpha value is -4.72. The predicted molar refractivity (Wildman–Crippen MR) is 205 cm³/mol. The van der Waals surface area contributed by atoms with E-state index in [1.807, 2.05) is 48.5 Å². The molecule has 2 heterocycles. The number of rotatable bonds is 11. The number of methoxy groups -OCH3 is 1. The summed E-state index contributed by atoms with van der Waals surface area (Å²) in [7, 11) is 1.55. The number of benzene rings is 4. The van der Waals surface area contributed by atoms with E-state index in [-0.39, 0.29) is 30.3 Å². The topological polar surface area (TPSA) is 105 Å². The first-order valence-electron chi connectivity index (χ1n) is 16.0. The van der Waals surface area contributed by atoms with Gasteiger partial charge in [0, 0.05) is 10.6 Å². The van der Waals surface area contributed by atoms with Crippen LogP contribution in [0.5, 0.6) is 11.5 Å². The molecule has 0 fully saturated rings. The lowest BCUT2D eigenvalue weighted by molar-refractivity contribution is -0.138. The van der Waals surface area contributed by atoms with Gasteiger partial charge in [0.2, 0.25) is 0 Å². The number of ether oxygens (including phenoxy) is 4. The second-order valence-electron chi connectivity index (χ2n) is 11.2. The summed E-state index contributed by atoms with van der Waals surface area (Å²) in [5, 5.41) is 0.527. The number of carbonyl (C=O) groups is 2. The molecule has 5 aromatic rings. The van der Waals surface area contributed by atoms with E-state index in [0.717, 1.165) is 14.7 Å². The van der Waals surface area contributed by atoms with Gasteiger partial charge in [-0.05, 0) is 95.6 Å². The van der Waals surface area contributed by atoms with Gasteiger partial charge in [0.25, 0.3) is 5.56 Å². The monoisotopic (exact) mass is 834 g/mol. The normalized spacial score (nSPS) is 14.1. The third kappa shape index (κ3) is 7.80. The summed E-state index contributed by atoms with van der Waals surface area (Å²) >= 11 is 9.65. The average Bonchev–Trinajstić information content (AvgIpc) is 3.45. The molecule has 0 unspecified atom stereocenters. The highest BCUT2D eigenvalue weighted by Crippen LogP contribution is 2.37. The number of hydrogen-bond donors (Lipinski definition) is 0. The predicted octanol–water partition coefficient (Wildman–Crippen LogP) is 6.96. The molecule has 4 aromatic carbocycles. The molecule has 9 nitrogen and oxygen atoms in total. The maximum atomic E-state index is 14.3. The van der Waals surface area contributed by atoms with Crippen LogP contribution in [0, 0.1) is 3.57 Å². The quantitative estimate of drug-likeness (QED) is 0.105. The third-order valence-corrected chi connectivity index (χ3v) is 9.99. The van der Waals surface area contributed by atoms with E-state index in [9.17, 15) is 14.4 Å². The first kappa shape index (κ1) is 36.1. The van der Waals surface area contributed by atoms with E-state index in [0.29, 0.717) is 54.8 Å². The second kappa shape index (κ2) is 16.1. The van der Waals surface area contributed by atoms with Crippen molar-refractivity contribution in [2.24, 2.45) is 4.99 Å². The van der Waals surface area contributed by atoms with Crippen molar-refractivity contribution in [3.63, 3.8) is 0 Å². The van der Waals surface area contributed by atoms with Gasteiger partial charge >= 0.3 is 11.9 Å². The van der Waals surface area contributed by atoms with Gasteiger partial charge in [-0.15, -0.1) is 0 Å². The van der Waals surface area contributed by atoms with Crippen molar-refractivity contribution in [2.75, 3.05) is 20.3 Å². The minimum absolute atomic E-state index is 0.157. The van der Waals surface area contributed by atoms with E-state index in [2.05, 4.69) is 22.6 Å². The standard InChI is InChI=1S/C39H32ClIN2O7S/c1-4-48-37(45)27-13-11-23(12-14-27)22-50-35-29(41)19-24(20-30(35)47-3)21-31-36(44)43-34(26-15-17-28(40)18-16-26)32(38(46)49-5-2)33(42-39(43)51-31)25-9-7-6-8-10-25/h6-21,34H,4-5,22H2,1-3H3/b31-21-/t34-/m0/s1. The fourth-order valence-electron chi connectivity index (χ4n) is 5.62. The Morgan fingerprint density at radius 1 is 0.941 bits per heavy atom. The summed E-state index contributed by atoms with van der Waals surface area (Å²) in [4.78, 5) is 45.3. The van der Waals surface area contributed by atoms with E-state index in [4.69, 9.17) is 35.5 Å². The van der Waals surface area contributed by atoms with Crippen molar-refractivity contribution in [2.45, 2.75) is 26.5 Å². The molecule has 0 saturated carbocycles. The average molecular weight is 835 g/mol. The summed E-state index contributed by atoms with van der Waals surface area (Å²) in [6.07, 6.45) is 1.78. The van der Waals surface area contributed by atoms with Gasteiger partial charge < -0.3 is 18.9 Å². The number of nitrogens with zero attached hydrogens (tertiary/aromatic N) is 2. The molecule has 0 spiro atoms. The molecule has 0 N–H and O–H groups in total. The van der Waals surface area contributed by atoms with Gasteiger partial charge in [0.1, 0.15) is 6.61 Å². The number of esters is 2. The molecule has 0 saturated heterocycles. The van der Waals surface area contributed by atoms with Crippen molar-refractivity contribution in [3.8, 4) is 11.5 Å². The van der Waals surface area contributed by atoms with E-state index in [1.54, 1.807) is 74.1 Å². The van der Waals surface area contributed by atoms with Crippen LogP contribution < -0.4 is 24.4 Å². The van der Waals surface area contributed by atoms with Crippen LogP contribution in [0.4, 0.5) is 0 Å². The van der Waals surface area contributed by atoms with Crippen molar-refractivity contribution < 1.29 is 28.5 Å². The molecule has 0 aliphatic carbocycles. The molecule has 0 amide bonds. The van der Waals surface area contributed by atoms with Crippen LogP contribution in [0.15, 0.2) is 106 Å². The van der Waals surface area contributed by atoms with Crippen molar-refractivity contribution in [3.05, 3.63) is 153 Å². The Bertz CT molecular complexity index is 2300. The number of aromatic nitrogens is 1. The summed E-state index contributed by atoms with van der Waals surface area (Å²) in [6.45, 7) is 4.21. The highest BCUT2D eigenvalue weighted by atomic mass is 127. The first-order valence-corrected chi connectivity index (χ1v) is 18.3. The SMILES string of the molecule is CCOC(=O)C1=C(c2ccccc2)N=c2s/c(=C\c3cc(I)c(OCc4ccc(C(=O)OCC)cc4)c(OC)c3)c(=O)n2[C@H]1c1ccc(Cl)cc1. The van der Waals surface area contributed by atoms with Gasteiger partial charge in [-0.25, -0.2) is 14.6 Å². The minimum Gasteiger partial charge on any atom is -0.493 e. The lowest BCUT2D eigenvalue weighted by atomic mass is 9.93. The number of hydrogen-bond acceptors (Lipinski definition) is 9. The van der Waals surface area contributed by atoms with Crippen LogP contribution in [-0.4, -0.2) is 36.8 Å². The van der Waals surface area contributed by atoms with Gasteiger partial charge in [-0.2, -0.15) is 0 Å². The molecule has 51 heavy (non-hydrogen) atoms. The Kier molecular flexibility index (Phi) is 11.4. The molecular formula is C39H32ClIN2O7S. The lowest BCUT2D eigenvalue weighted by Gasteiger charge is -2.25. The highest BCUT2D eigenvalue weighted by molar-refractivity contribution is 14.1. The van der Waals surface area contributed by atoms with E-state index < -0.39 is 12.0 Å². The third-order valence-electron chi connectivity index (χ3n) is 7.96. The molecule has 0 bridgehead atoms. The summed E-state index contributed by atoms with van der Waals surface area (Å²) in [5.41, 5.74) is 3.84. The number of fused-ring (bicyclic) bond motifs is 1. The fourth-order valence-corrected chi connectivity index (χ4v) is 7.53. The molecule has 1 aliphatic rings. The van der Waals surface area contributed by atoms with Crippen molar-refractivity contribution in [1.29, 1.82) is 0 Å². The zero-order valence-corrected chi connectivity index (χ0v) is 31.6.